The SMILES string of the molecule is COc1ccc(C)cc1NC(=O)C(C#N)=Cc1ccc(N2CCCCC2)o1. The maximum absolute atomic E-state index is 12.5. The number of benzene rings is 1. The minimum absolute atomic E-state index is 0.0295. The van der Waals surface area contributed by atoms with Gasteiger partial charge in [0.15, 0.2) is 5.88 Å². The third kappa shape index (κ3) is 4.50. The lowest BCUT2D eigenvalue weighted by Crippen LogP contribution is -2.28. The summed E-state index contributed by atoms with van der Waals surface area (Å²) in [6.07, 6.45) is 5.00. The Labute approximate surface area is 159 Å². The van der Waals surface area contributed by atoms with Crippen LogP contribution in [0.2, 0.25) is 0 Å². The second kappa shape index (κ2) is 8.45. The molecule has 1 aromatic heterocycles. The van der Waals surface area contributed by atoms with Gasteiger partial charge in [0.05, 0.1) is 12.8 Å². The number of anilines is 2. The van der Waals surface area contributed by atoms with Crippen molar-refractivity contribution in [3.05, 3.63) is 47.2 Å². The van der Waals surface area contributed by atoms with Gasteiger partial charge in [0.1, 0.15) is 23.2 Å². The fourth-order valence-electron chi connectivity index (χ4n) is 3.10. The van der Waals surface area contributed by atoms with Crippen LogP contribution >= 0.6 is 0 Å². The zero-order valence-electron chi connectivity index (χ0n) is 15.6. The molecule has 0 saturated carbocycles. The van der Waals surface area contributed by atoms with Gasteiger partial charge in [-0.25, -0.2) is 0 Å². The van der Waals surface area contributed by atoms with Crippen molar-refractivity contribution in [2.75, 3.05) is 30.4 Å². The molecule has 140 valence electrons. The van der Waals surface area contributed by atoms with Crippen molar-refractivity contribution in [3.8, 4) is 11.8 Å². The number of nitrogens with one attached hydrogen (secondary N) is 1. The molecule has 2 aromatic rings. The Hall–Kier alpha value is -3.20. The van der Waals surface area contributed by atoms with Gasteiger partial charge in [0.25, 0.3) is 5.91 Å². The minimum atomic E-state index is -0.502. The molecule has 1 aliphatic rings. The molecule has 1 aliphatic heterocycles. The van der Waals surface area contributed by atoms with Crippen LogP contribution in [0.4, 0.5) is 11.6 Å². The number of carbonyl (C=O) groups is 1. The van der Waals surface area contributed by atoms with Crippen molar-refractivity contribution >= 4 is 23.6 Å². The largest absolute Gasteiger partial charge is 0.495 e. The monoisotopic (exact) mass is 365 g/mol. The van der Waals surface area contributed by atoms with Crippen LogP contribution in [0.25, 0.3) is 6.08 Å². The molecular weight excluding hydrogens is 342 g/mol. The summed E-state index contributed by atoms with van der Waals surface area (Å²) in [5, 5.41) is 12.1. The summed E-state index contributed by atoms with van der Waals surface area (Å²) in [6, 6.07) is 11.1. The number of hydrogen-bond donors (Lipinski definition) is 1. The van der Waals surface area contributed by atoms with E-state index in [9.17, 15) is 10.1 Å². The van der Waals surface area contributed by atoms with Crippen LogP contribution in [0, 0.1) is 18.3 Å². The molecule has 0 unspecified atom stereocenters. The lowest BCUT2D eigenvalue weighted by molar-refractivity contribution is -0.112. The number of rotatable bonds is 5. The first kappa shape index (κ1) is 18.6. The lowest BCUT2D eigenvalue weighted by Gasteiger charge is -2.25. The average Bonchev–Trinajstić information content (AvgIpc) is 3.15. The van der Waals surface area contributed by atoms with E-state index in [0.29, 0.717) is 17.2 Å². The summed E-state index contributed by atoms with van der Waals surface area (Å²) < 4.78 is 11.1. The average molecular weight is 365 g/mol. The second-order valence-electron chi connectivity index (χ2n) is 6.55. The van der Waals surface area contributed by atoms with E-state index in [1.54, 1.807) is 18.2 Å². The molecule has 1 fully saturated rings. The van der Waals surface area contributed by atoms with Crippen LogP contribution in [-0.4, -0.2) is 26.1 Å². The van der Waals surface area contributed by atoms with Crippen molar-refractivity contribution in [2.45, 2.75) is 26.2 Å². The number of hydrogen-bond acceptors (Lipinski definition) is 5. The molecule has 27 heavy (non-hydrogen) atoms. The number of ether oxygens (including phenoxy) is 1. The third-order valence-corrected chi connectivity index (χ3v) is 4.54. The normalized spacial score (nSPS) is 14.6. The molecule has 1 N–H and O–H groups in total. The van der Waals surface area contributed by atoms with E-state index >= 15 is 0 Å². The van der Waals surface area contributed by atoms with Gasteiger partial charge in [-0.3, -0.25) is 4.79 Å². The number of methoxy groups -OCH3 is 1. The smallest absolute Gasteiger partial charge is 0.266 e. The lowest BCUT2D eigenvalue weighted by atomic mass is 10.1. The summed E-state index contributed by atoms with van der Waals surface area (Å²) in [6.45, 7) is 3.85. The standard InChI is InChI=1S/C21H23N3O3/c1-15-6-8-19(26-2)18(12-15)23-21(25)16(14-22)13-17-7-9-20(27-17)24-10-4-3-5-11-24/h6-9,12-13H,3-5,10-11H2,1-2H3,(H,23,25). The van der Waals surface area contributed by atoms with Crippen LogP contribution in [0.3, 0.4) is 0 Å². The highest BCUT2D eigenvalue weighted by Crippen LogP contribution is 2.27. The maximum atomic E-state index is 12.5. The van der Waals surface area contributed by atoms with Gasteiger partial charge in [-0.2, -0.15) is 5.26 Å². The zero-order valence-corrected chi connectivity index (χ0v) is 15.6. The highest BCUT2D eigenvalue weighted by Gasteiger charge is 2.16. The van der Waals surface area contributed by atoms with E-state index in [2.05, 4.69) is 10.2 Å². The molecule has 0 radical (unpaired) electrons. The Morgan fingerprint density at radius 1 is 1.26 bits per heavy atom. The first-order chi connectivity index (χ1) is 13.1. The van der Waals surface area contributed by atoms with Crippen molar-refractivity contribution in [1.82, 2.24) is 0 Å². The minimum Gasteiger partial charge on any atom is -0.495 e. The van der Waals surface area contributed by atoms with Crippen molar-refractivity contribution < 1.29 is 13.9 Å². The number of carbonyl (C=O) groups excluding carboxylic acids is 1. The van der Waals surface area contributed by atoms with Gasteiger partial charge in [-0.05, 0) is 49.9 Å². The summed E-state index contributed by atoms with van der Waals surface area (Å²) in [7, 11) is 1.53. The molecule has 0 aliphatic carbocycles. The Balaban J connectivity index is 1.76. The fourth-order valence-corrected chi connectivity index (χ4v) is 3.10. The van der Waals surface area contributed by atoms with Crippen LogP contribution < -0.4 is 15.0 Å². The molecule has 1 aromatic carbocycles. The molecule has 6 heteroatoms. The topological polar surface area (TPSA) is 78.5 Å². The summed E-state index contributed by atoms with van der Waals surface area (Å²) >= 11 is 0. The zero-order chi connectivity index (χ0) is 19.2. The number of amides is 1. The number of piperidine rings is 1. The highest BCUT2D eigenvalue weighted by molar-refractivity contribution is 6.10. The molecule has 1 saturated heterocycles. The first-order valence-corrected chi connectivity index (χ1v) is 9.03. The Kier molecular flexibility index (Phi) is 5.82. The predicted octanol–water partition coefficient (Wildman–Crippen LogP) is 4.13. The summed E-state index contributed by atoms with van der Waals surface area (Å²) in [4.78, 5) is 14.7. The molecule has 3 rings (SSSR count). The summed E-state index contributed by atoms with van der Waals surface area (Å²) in [5.41, 5.74) is 1.47. The number of aryl methyl sites for hydroxylation is 1. The van der Waals surface area contributed by atoms with Crippen LogP contribution in [-0.2, 0) is 4.79 Å². The van der Waals surface area contributed by atoms with E-state index in [1.165, 1.54) is 19.6 Å². The Morgan fingerprint density at radius 3 is 2.74 bits per heavy atom. The molecule has 6 nitrogen and oxygen atoms in total. The Morgan fingerprint density at radius 2 is 2.04 bits per heavy atom. The van der Waals surface area contributed by atoms with E-state index in [0.717, 1.165) is 37.4 Å². The number of nitriles is 1. The highest BCUT2D eigenvalue weighted by atomic mass is 16.5. The van der Waals surface area contributed by atoms with E-state index < -0.39 is 5.91 Å². The quantitative estimate of drug-likeness (QED) is 0.636. The van der Waals surface area contributed by atoms with Crippen LogP contribution in [0.15, 0.2) is 40.3 Å². The van der Waals surface area contributed by atoms with E-state index in [4.69, 9.17) is 9.15 Å². The third-order valence-electron chi connectivity index (χ3n) is 4.54. The molecule has 0 spiro atoms. The van der Waals surface area contributed by atoms with Crippen molar-refractivity contribution in [2.24, 2.45) is 0 Å². The fraction of sp³-hybridized carbons (Fsp3) is 0.333. The van der Waals surface area contributed by atoms with Gasteiger partial charge >= 0.3 is 0 Å². The van der Waals surface area contributed by atoms with Crippen molar-refractivity contribution in [1.29, 1.82) is 5.26 Å². The van der Waals surface area contributed by atoms with Gasteiger partial charge < -0.3 is 19.4 Å². The molecule has 0 atom stereocenters. The van der Waals surface area contributed by atoms with Gasteiger partial charge in [0.2, 0.25) is 0 Å². The Bertz CT molecular complexity index is 886. The van der Waals surface area contributed by atoms with Gasteiger partial charge in [-0.15, -0.1) is 0 Å². The number of furan rings is 1. The molecule has 0 bridgehead atoms. The van der Waals surface area contributed by atoms with Crippen molar-refractivity contribution in [3.63, 3.8) is 0 Å². The molecule has 2 heterocycles. The van der Waals surface area contributed by atoms with Crippen LogP contribution in [0.1, 0.15) is 30.6 Å². The number of nitrogens with zero attached hydrogens (tertiary/aromatic N) is 2. The van der Waals surface area contributed by atoms with Gasteiger partial charge in [0, 0.05) is 25.2 Å². The maximum Gasteiger partial charge on any atom is 0.266 e. The van der Waals surface area contributed by atoms with Gasteiger partial charge in [-0.1, -0.05) is 6.07 Å². The second-order valence-corrected chi connectivity index (χ2v) is 6.55. The van der Waals surface area contributed by atoms with E-state index in [1.807, 2.05) is 25.1 Å². The first-order valence-electron chi connectivity index (χ1n) is 9.03. The molecular formula is C21H23N3O3. The predicted molar refractivity (Wildman–Crippen MR) is 105 cm³/mol. The van der Waals surface area contributed by atoms with Crippen LogP contribution in [0.5, 0.6) is 5.75 Å². The van der Waals surface area contributed by atoms with E-state index in [-0.39, 0.29) is 5.57 Å². The molecule has 1 amide bonds. The summed E-state index contributed by atoms with van der Waals surface area (Å²) in [5.74, 6) is 1.30.